The van der Waals surface area contributed by atoms with E-state index in [4.69, 9.17) is 10.00 Å². The first-order chi connectivity index (χ1) is 13.1. The van der Waals surface area contributed by atoms with Crippen molar-refractivity contribution in [1.29, 1.82) is 5.26 Å². The maximum absolute atomic E-state index is 13.2. The van der Waals surface area contributed by atoms with Crippen LogP contribution < -0.4 is 0 Å². The van der Waals surface area contributed by atoms with Crippen LogP contribution in [0, 0.1) is 16.7 Å². The maximum Gasteiger partial charge on any atom is 0.417 e. The summed E-state index contributed by atoms with van der Waals surface area (Å²) in [6.07, 6.45) is -0.898. The van der Waals surface area contributed by atoms with Gasteiger partial charge in [-0.2, -0.15) is 18.4 Å². The van der Waals surface area contributed by atoms with Crippen molar-refractivity contribution in [2.75, 3.05) is 6.54 Å². The summed E-state index contributed by atoms with van der Waals surface area (Å²) in [6, 6.07) is 5.19. The summed E-state index contributed by atoms with van der Waals surface area (Å²) in [6.45, 7) is 4.53. The predicted molar refractivity (Wildman–Crippen MR) is 94.5 cm³/mol. The fourth-order valence-electron chi connectivity index (χ4n) is 3.55. The molecule has 1 aliphatic heterocycles. The van der Waals surface area contributed by atoms with Gasteiger partial charge in [0, 0.05) is 30.9 Å². The third-order valence-corrected chi connectivity index (χ3v) is 4.90. The number of amides is 1. The summed E-state index contributed by atoms with van der Waals surface area (Å²) >= 11 is 0. The van der Waals surface area contributed by atoms with Crippen molar-refractivity contribution in [1.82, 2.24) is 9.88 Å². The summed E-state index contributed by atoms with van der Waals surface area (Å²) in [5.74, 6) is -0.251. The molecule has 1 aliphatic carbocycles. The van der Waals surface area contributed by atoms with E-state index in [-0.39, 0.29) is 12.3 Å². The lowest BCUT2D eigenvalue weighted by atomic mass is 9.89. The number of allylic oxidation sites excluding steroid dienone is 2. The average Bonchev–Trinajstić information content (AvgIpc) is 2.84. The number of ether oxygens (including phenoxy) is 1. The minimum atomic E-state index is -4.65. The Kier molecular flexibility index (Phi) is 5.31. The quantitative estimate of drug-likeness (QED) is 0.787. The number of rotatable bonds is 4. The average molecular weight is 391 g/mol. The van der Waals surface area contributed by atoms with Gasteiger partial charge in [0.1, 0.15) is 6.10 Å². The maximum atomic E-state index is 13.2. The zero-order valence-corrected chi connectivity index (χ0v) is 15.5. The van der Waals surface area contributed by atoms with Crippen LogP contribution in [0.1, 0.15) is 25.8 Å². The van der Waals surface area contributed by atoms with E-state index >= 15 is 0 Å². The lowest BCUT2D eigenvalue weighted by molar-refractivity contribution is -0.142. The largest absolute Gasteiger partial charge is 0.417 e. The summed E-state index contributed by atoms with van der Waals surface area (Å²) < 4.78 is 45.4. The van der Waals surface area contributed by atoms with Crippen LogP contribution in [-0.4, -0.2) is 40.7 Å². The van der Waals surface area contributed by atoms with E-state index in [9.17, 15) is 18.0 Å². The Morgan fingerprint density at radius 2 is 2.04 bits per heavy atom. The van der Waals surface area contributed by atoms with E-state index in [1.807, 2.05) is 26.0 Å². The van der Waals surface area contributed by atoms with Crippen LogP contribution in [0.15, 0.2) is 47.8 Å². The highest BCUT2D eigenvalue weighted by atomic mass is 19.4. The molecule has 2 atom stereocenters. The molecule has 2 aliphatic rings. The number of pyridine rings is 1. The molecule has 0 bridgehead atoms. The van der Waals surface area contributed by atoms with Crippen LogP contribution in [0.5, 0.6) is 0 Å². The van der Waals surface area contributed by atoms with E-state index in [2.05, 4.69) is 4.98 Å². The van der Waals surface area contributed by atoms with Gasteiger partial charge in [0.25, 0.3) is 5.91 Å². The molecule has 0 aromatic carbocycles. The van der Waals surface area contributed by atoms with E-state index in [1.165, 1.54) is 6.08 Å². The van der Waals surface area contributed by atoms with Crippen LogP contribution in [0.25, 0.3) is 0 Å². The number of nitrogens with zero attached hydrogens (tertiary/aromatic N) is 3. The molecule has 1 fully saturated rings. The zero-order valence-electron chi connectivity index (χ0n) is 15.5. The Balaban J connectivity index is 1.76. The summed E-state index contributed by atoms with van der Waals surface area (Å²) in [7, 11) is 0. The molecular weight excluding hydrogens is 371 g/mol. The van der Waals surface area contributed by atoms with Gasteiger partial charge in [-0.15, -0.1) is 0 Å². The predicted octanol–water partition coefficient (Wildman–Crippen LogP) is 3.55. The highest BCUT2D eigenvalue weighted by Gasteiger charge is 2.48. The second kappa shape index (κ2) is 7.40. The van der Waals surface area contributed by atoms with Crippen molar-refractivity contribution in [3.63, 3.8) is 0 Å². The highest BCUT2D eigenvalue weighted by molar-refractivity contribution is 5.84. The number of hydrogen-bond acceptors (Lipinski definition) is 4. The molecule has 1 aromatic heterocycles. The second-order valence-corrected chi connectivity index (χ2v) is 7.64. The fourth-order valence-corrected chi connectivity index (χ4v) is 3.55. The number of likely N-dealkylation sites (tertiary alicyclic amines) is 1. The first kappa shape index (κ1) is 20.1. The molecule has 2 heterocycles. The minimum absolute atomic E-state index is 0.118. The van der Waals surface area contributed by atoms with Crippen LogP contribution in [0.3, 0.4) is 0 Å². The SMILES string of the molecule is CC1(C)CN(Cc2ccncc2)C(=O)C1OC1C=C(C(F)(F)F)C(C#N)=CC1. The third-order valence-electron chi connectivity index (χ3n) is 4.90. The summed E-state index contributed by atoms with van der Waals surface area (Å²) in [5.41, 5.74) is -1.07. The van der Waals surface area contributed by atoms with Gasteiger partial charge in [0.2, 0.25) is 0 Å². The number of carbonyl (C=O) groups is 1. The lowest BCUT2D eigenvalue weighted by Crippen LogP contribution is -2.37. The monoisotopic (exact) mass is 391 g/mol. The Morgan fingerprint density at radius 1 is 1.36 bits per heavy atom. The van der Waals surface area contributed by atoms with E-state index in [0.29, 0.717) is 13.1 Å². The second-order valence-electron chi connectivity index (χ2n) is 7.64. The van der Waals surface area contributed by atoms with Gasteiger partial charge in [-0.25, -0.2) is 0 Å². The molecule has 0 spiro atoms. The van der Waals surface area contributed by atoms with Gasteiger partial charge in [0.05, 0.1) is 23.3 Å². The molecular formula is C20H20F3N3O2. The van der Waals surface area contributed by atoms with E-state index in [1.54, 1.807) is 23.4 Å². The Labute approximate surface area is 161 Å². The van der Waals surface area contributed by atoms with Crippen molar-refractivity contribution < 1.29 is 22.7 Å². The van der Waals surface area contributed by atoms with Crippen molar-refractivity contribution in [2.45, 2.75) is 45.2 Å². The number of nitriles is 1. The first-order valence-corrected chi connectivity index (χ1v) is 8.84. The number of carbonyl (C=O) groups excluding carboxylic acids is 1. The lowest BCUT2D eigenvalue weighted by Gasteiger charge is -2.29. The molecule has 0 radical (unpaired) electrons. The standard InChI is InChI=1S/C20H20F3N3O2/c1-19(2)12-26(11-13-5-7-25-8-6-13)18(27)17(19)28-15-4-3-14(10-24)16(9-15)20(21,22)23/h3,5-9,15,17H,4,11-12H2,1-2H3. The molecule has 8 heteroatoms. The van der Waals surface area contributed by atoms with Crippen molar-refractivity contribution in [3.05, 3.63) is 53.4 Å². The summed E-state index contributed by atoms with van der Waals surface area (Å²) in [4.78, 5) is 18.5. The molecule has 1 aromatic rings. The molecule has 1 amide bonds. The third kappa shape index (κ3) is 4.09. The van der Waals surface area contributed by atoms with E-state index in [0.717, 1.165) is 11.6 Å². The minimum Gasteiger partial charge on any atom is -0.360 e. The molecule has 0 N–H and O–H groups in total. The van der Waals surface area contributed by atoms with Crippen molar-refractivity contribution in [3.8, 4) is 6.07 Å². The topological polar surface area (TPSA) is 66.2 Å². The summed E-state index contributed by atoms with van der Waals surface area (Å²) in [5, 5.41) is 8.93. The van der Waals surface area contributed by atoms with Crippen molar-refractivity contribution >= 4 is 5.91 Å². The molecule has 28 heavy (non-hydrogen) atoms. The van der Waals surface area contributed by atoms with Gasteiger partial charge in [-0.1, -0.05) is 19.9 Å². The number of hydrogen-bond donors (Lipinski definition) is 0. The van der Waals surface area contributed by atoms with Crippen LogP contribution >= 0.6 is 0 Å². The highest BCUT2D eigenvalue weighted by Crippen LogP contribution is 2.38. The normalized spacial score (nSPS) is 24.6. The number of halogens is 3. The molecule has 148 valence electrons. The number of aromatic nitrogens is 1. The van der Waals surface area contributed by atoms with Crippen molar-refractivity contribution in [2.24, 2.45) is 5.41 Å². The zero-order chi connectivity index (χ0) is 20.5. The molecule has 0 saturated carbocycles. The fraction of sp³-hybridized carbons (Fsp3) is 0.450. The van der Waals surface area contributed by atoms with E-state index < -0.39 is 34.9 Å². The molecule has 5 nitrogen and oxygen atoms in total. The van der Waals surface area contributed by atoms with Crippen LogP contribution in [0.4, 0.5) is 13.2 Å². The molecule has 1 saturated heterocycles. The number of alkyl halides is 3. The van der Waals surface area contributed by atoms with Gasteiger partial charge < -0.3 is 9.64 Å². The molecule has 3 rings (SSSR count). The first-order valence-electron chi connectivity index (χ1n) is 8.84. The van der Waals surface area contributed by atoms with Crippen LogP contribution in [-0.2, 0) is 16.1 Å². The smallest absolute Gasteiger partial charge is 0.360 e. The van der Waals surface area contributed by atoms with Crippen LogP contribution in [0.2, 0.25) is 0 Å². The molecule has 2 unspecified atom stereocenters. The van der Waals surface area contributed by atoms with Gasteiger partial charge >= 0.3 is 6.18 Å². The Bertz CT molecular complexity index is 854. The Hall–Kier alpha value is -2.66. The van der Waals surface area contributed by atoms with Gasteiger partial charge in [-0.3, -0.25) is 9.78 Å². The Morgan fingerprint density at radius 3 is 2.64 bits per heavy atom. The van der Waals surface area contributed by atoms with Gasteiger partial charge in [0.15, 0.2) is 0 Å². The van der Waals surface area contributed by atoms with Gasteiger partial charge in [-0.05, 0) is 30.2 Å².